The molecule has 0 N–H and O–H groups in total. The second kappa shape index (κ2) is 8.92. The molecular weight excluding hydrogens is 294 g/mol. The van der Waals surface area contributed by atoms with Gasteiger partial charge in [0.15, 0.2) is 0 Å². The third kappa shape index (κ3) is 5.27. The highest BCUT2D eigenvalue weighted by Gasteiger charge is 2.26. The van der Waals surface area contributed by atoms with E-state index in [2.05, 4.69) is 27.8 Å². The number of carbonyl (C=O) groups excluding carboxylic acids is 1. The van der Waals surface area contributed by atoms with Gasteiger partial charge in [-0.3, -0.25) is 4.79 Å². The van der Waals surface area contributed by atoms with Gasteiger partial charge in [0, 0.05) is 11.9 Å². The second-order valence-corrected chi connectivity index (χ2v) is 5.78. The van der Waals surface area contributed by atoms with Crippen molar-refractivity contribution in [2.45, 2.75) is 39.5 Å². The number of hydrogen-bond donors (Lipinski definition) is 0. The highest BCUT2D eigenvalue weighted by Crippen LogP contribution is 2.21. The Balaban J connectivity index is 2.28. The molecule has 0 saturated carbocycles. The Hall–Kier alpha value is -0.0900. The van der Waals surface area contributed by atoms with Crippen molar-refractivity contribution in [3.05, 3.63) is 0 Å². The van der Waals surface area contributed by atoms with Crippen LogP contribution >= 0.6 is 15.9 Å². The first kappa shape index (κ1) is 16.0. The normalized spacial score (nSPS) is 19.7. The molecule has 1 aliphatic heterocycles. The van der Waals surface area contributed by atoms with E-state index in [4.69, 9.17) is 4.74 Å². The monoisotopic (exact) mass is 319 g/mol. The lowest BCUT2D eigenvalue weighted by molar-refractivity contribution is -0.149. The maximum atomic E-state index is 11.6. The van der Waals surface area contributed by atoms with Gasteiger partial charge in [0.05, 0.1) is 12.5 Å². The van der Waals surface area contributed by atoms with Crippen LogP contribution in [-0.4, -0.2) is 42.4 Å². The van der Waals surface area contributed by atoms with Crippen LogP contribution in [0.5, 0.6) is 0 Å². The topological polar surface area (TPSA) is 29.5 Å². The Bertz CT molecular complexity index is 240. The molecule has 0 aromatic heterocycles. The van der Waals surface area contributed by atoms with Gasteiger partial charge in [0.25, 0.3) is 0 Å². The number of nitrogens with zero attached hydrogens (tertiary/aromatic N) is 1. The third-order valence-electron chi connectivity index (χ3n) is 3.64. The van der Waals surface area contributed by atoms with Crippen LogP contribution in [-0.2, 0) is 9.53 Å². The van der Waals surface area contributed by atoms with Gasteiger partial charge in [-0.2, -0.15) is 0 Å². The average Bonchev–Trinajstić information content (AvgIpc) is 2.39. The first-order chi connectivity index (χ1) is 8.71. The SMILES string of the molecule is CCCC(CBr)CN1CCC(C(=O)OCC)CC1. The molecule has 18 heavy (non-hydrogen) atoms. The van der Waals surface area contributed by atoms with E-state index in [0.29, 0.717) is 6.61 Å². The number of piperidine rings is 1. The Morgan fingerprint density at radius 3 is 2.56 bits per heavy atom. The molecule has 0 aromatic rings. The van der Waals surface area contributed by atoms with Crippen molar-refractivity contribution < 1.29 is 9.53 Å². The van der Waals surface area contributed by atoms with Gasteiger partial charge in [-0.05, 0) is 45.2 Å². The molecule has 3 nitrogen and oxygen atoms in total. The molecule has 1 atom stereocenters. The highest BCUT2D eigenvalue weighted by molar-refractivity contribution is 9.09. The summed E-state index contributed by atoms with van der Waals surface area (Å²) in [6, 6.07) is 0. The molecule has 0 aliphatic carbocycles. The van der Waals surface area contributed by atoms with Gasteiger partial charge in [0.2, 0.25) is 0 Å². The minimum absolute atomic E-state index is 0.00255. The molecule has 1 saturated heterocycles. The number of alkyl halides is 1. The van der Waals surface area contributed by atoms with E-state index in [9.17, 15) is 4.79 Å². The molecule has 0 aromatic carbocycles. The predicted octanol–water partition coefficient (Wildman–Crippen LogP) is 3.07. The minimum atomic E-state index is 0.00255. The van der Waals surface area contributed by atoms with Crippen LogP contribution in [0.4, 0.5) is 0 Å². The Morgan fingerprint density at radius 2 is 2.06 bits per heavy atom. The number of rotatable bonds is 7. The van der Waals surface area contributed by atoms with Crippen molar-refractivity contribution in [2.75, 3.05) is 31.6 Å². The van der Waals surface area contributed by atoms with E-state index in [1.165, 1.54) is 12.8 Å². The van der Waals surface area contributed by atoms with E-state index < -0.39 is 0 Å². The second-order valence-electron chi connectivity index (χ2n) is 5.14. The van der Waals surface area contributed by atoms with Crippen molar-refractivity contribution >= 4 is 21.9 Å². The van der Waals surface area contributed by atoms with Gasteiger partial charge in [0.1, 0.15) is 0 Å². The van der Waals surface area contributed by atoms with Crippen molar-refractivity contribution in [2.24, 2.45) is 11.8 Å². The lowest BCUT2D eigenvalue weighted by atomic mass is 9.95. The van der Waals surface area contributed by atoms with E-state index in [-0.39, 0.29) is 11.9 Å². The molecule has 0 bridgehead atoms. The number of esters is 1. The first-order valence-electron chi connectivity index (χ1n) is 7.16. The molecule has 1 heterocycles. The highest BCUT2D eigenvalue weighted by atomic mass is 79.9. The van der Waals surface area contributed by atoms with Gasteiger partial charge in [-0.25, -0.2) is 0 Å². The third-order valence-corrected chi connectivity index (χ3v) is 4.55. The fraction of sp³-hybridized carbons (Fsp3) is 0.929. The molecule has 106 valence electrons. The van der Waals surface area contributed by atoms with E-state index in [1.54, 1.807) is 0 Å². The number of ether oxygens (including phenoxy) is 1. The summed E-state index contributed by atoms with van der Waals surface area (Å²) in [6.45, 7) is 7.85. The summed E-state index contributed by atoms with van der Waals surface area (Å²) in [5, 5.41) is 1.08. The van der Waals surface area contributed by atoms with Crippen LogP contribution in [0.15, 0.2) is 0 Å². The summed E-state index contributed by atoms with van der Waals surface area (Å²) in [6.07, 6.45) is 4.44. The number of likely N-dealkylation sites (tertiary alicyclic amines) is 1. The van der Waals surface area contributed by atoms with E-state index >= 15 is 0 Å². The lowest BCUT2D eigenvalue weighted by Gasteiger charge is -2.33. The fourth-order valence-corrected chi connectivity index (χ4v) is 3.13. The van der Waals surface area contributed by atoms with Crippen LogP contribution in [0.25, 0.3) is 0 Å². The van der Waals surface area contributed by atoms with Crippen LogP contribution in [0.2, 0.25) is 0 Å². The summed E-state index contributed by atoms with van der Waals surface area (Å²) < 4.78 is 5.09. The largest absolute Gasteiger partial charge is 0.466 e. The van der Waals surface area contributed by atoms with Gasteiger partial charge in [-0.15, -0.1) is 0 Å². The van der Waals surface area contributed by atoms with Gasteiger partial charge in [-0.1, -0.05) is 29.3 Å². The molecule has 1 rings (SSSR count). The summed E-state index contributed by atoms with van der Waals surface area (Å²) in [7, 11) is 0. The van der Waals surface area contributed by atoms with Crippen LogP contribution < -0.4 is 0 Å². The van der Waals surface area contributed by atoms with Crippen molar-refractivity contribution in [3.63, 3.8) is 0 Å². The number of halogens is 1. The zero-order valence-corrected chi connectivity index (χ0v) is 13.2. The Kier molecular flexibility index (Phi) is 7.91. The number of hydrogen-bond acceptors (Lipinski definition) is 3. The predicted molar refractivity (Wildman–Crippen MR) is 78.0 cm³/mol. The minimum Gasteiger partial charge on any atom is -0.466 e. The zero-order valence-electron chi connectivity index (χ0n) is 11.7. The lowest BCUT2D eigenvalue weighted by Crippen LogP contribution is -2.39. The summed E-state index contributed by atoms with van der Waals surface area (Å²) in [4.78, 5) is 14.1. The number of carbonyl (C=O) groups is 1. The molecular formula is C14H26BrNO2. The molecule has 4 heteroatoms. The maximum absolute atomic E-state index is 11.6. The standard InChI is InChI=1S/C14H26BrNO2/c1-3-5-12(10-15)11-16-8-6-13(7-9-16)14(17)18-4-2/h12-13H,3-11H2,1-2H3. The fourth-order valence-electron chi connectivity index (χ4n) is 2.60. The van der Waals surface area contributed by atoms with E-state index in [0.717, 1.165) is 43.7 Å². The zero-order chi connectivity index (χ0) is 13.4. The van der Waals surface area contributed by atoms with Crippen LogP contribution in [0.3, 0.4) is 0 Å². The van der Waals surface area contributed by atoms with Crippen LogP contribution in [0, 0.1) is 11.8 Å². The Morgan fingerprint density at radius 1 is 1.39 bits per heavy atom. The molecule has 1 fully saturated rings. The Labute approximate surface area is 119 Å². The average molecular weight is 320 g/mol. The molecule has 0 amide bonds. The van der Waals surface area contributed by atoms with Crippen LogP contribution in [0.1, 0.15) is 39.5 Å². The van der Waals surface area contributed by atoms with E-state index in [1.807, 2.05) is 6.92 Å². The molecule has 1 unspecified atom stereocenters. The maximum Gasteiger partial charge on any atom is 0.309 e. The van der Waals surface area contributed by atoms with Crippen molar-refractivity contribution in [1.82, 2.24) is 4.90 Å². The quantitative estimate of drug-likeness (QED) is 0.533. The van der Waals surface area contributed by atoms with Crippen molar-refractivity contribution in [1.29, 1.82) is 0 Å². The molecule has 1 aliphatic rings. The smallest absolute Gasteiger partial charge is 0.309 e. The van der Waals surface area contributed by atoms with Gasteiger partial charge >= 0.3 is 5.97 Å². The van der Waals surface area contributed by atoms with Crippen molar-refractivity contribution in [3.8, 4) is 0 Å². The first-order valence-corrected chi connectivity index (χ1v) is 8.28. The van der Waals surface area contributed by atoms with Gasteiger partial charge < -0.3 is 9.64 Å². The summed E-state index contributed by atoms with van der Waals surface area (Å²) in [5.74, 6) is 0.881. The molecule has 0 radical (unpaired) electrons. The summed E-state index contributed by atoms with van der Waals surface area (Å²) in [5.41, 5.74) is 0. The summed E-state index contributed by atoms with van der Waals surface area (Å²) >= 11 is 3.60. The molecule has 0 spiro atoms.